The zero-order valence-electron chi connectivity index (χ0n) is 32.7. The summed E-state index contributed by atoms with van der Waals surface area (Å²) in [4.78, 5) is 16.3. The minimum absolute atomic E-state index is 0.646. The van der Waals surface area contributed by atoms with E-state index in [1.165, 1.54) is 54.3 Å². The molecule has 0 aliphatic rings. The van der Waals surface area contributed by atoms with Gasteiger partial charge in [-0.1, -0.05) is 127 Å². The molecule has 0 saturated heterocycles. The summed E-state index contributed by atoms with van der Waals surface area (Å²) in [5.41, 5.74) is 12.0. The van der Waals surface area contributed by atoms with E-state index in [0.717, 1.165) is 59.6 Å². The summed E-state index contributed by atoms with van der Waals surface area (Å²) in [7, 11) is 0. The van der Waals surface area contributed by atoms with Crippen LogP contribution in [0.3, 0.4) is 0 Å². The Kier molecular flexibility index (Phi) is 7.41. The molecule has 0 atom stereocenters. The third kappa shape index (κ3) is 5.16. The summed E-state index contributed by atoms with van der Waals surface area (Å²) in [6.45, 7) is 0. The average Bonchev–Trinajstić information content (AvgIpc) is 4.02. The summed E-state index contributed by atoms with van der Waals surface area (Å²) in [6, 6.07) is 67.7. The molecule has 5 nitrogen and oxygen atoms in total. The SMILES string of the molecule is c1ccc(-c2nc(-n3c4ccc(-c5cccc6c5c5c7ccccc7ccc5n6-c5ccccc5)cc4c4c5ccccc5ccc43)nc3cc(-c4ccncc4)sc23)cc1. The Morgan fingerprint density at radius 1 is 0.410 bits per heavy atom. The number of fused-ring (bicyclic) bond motifs is 11. The van der Waals surface area contributed by atoms with Crippen LogP contribution in [0.5, 0.6) is 0 Å². The van der Waals surface area contributed by atoms with Gasteiger partial charge in [0, 0.05) is 50.1 Å². The highest BCUT2D eigenvalue weighted by atomic mass is 32.1. The van der Waals surface area contributed by atoms with E-state index in [0.29, 0.717) is 5.95 Å². The Labute approximate surface area is 354 Å². The minimum Gasteiger partial charge on any atom is -0.309 e. The van der Waals surface area contributed by atoms with E-state index >= 15 is 0 Å². The molecule has 0 N–H and O–H groups in total. The van der Waals surface area contributed by atoms with Gasteiger partial charge in [0.2, 0.25) is 5.95 Å². The first-order chi connectivity index (χ1) is 30.3. The zero-order valence-corrected chi connectivity index (χ0v) is 33.5. The van der Waals surface area contributed by atoms with Gasteiger partial charge < -0.3 is 4.57 Å². The van der Waals surface area contributed by atoms with Crippen molar-refractivity contribution in [2.45, 2.75) is 0 Å². The second kappa shape index (κ2) is 13.3. The van der Waals surface area contributed by atoms with Gasteiger partial charge in [-0.05, 0) is 98.9 Å². The van der Waals surface area contributed by atoms with Crippen molar-refractivity contribution in [1.29, 1.82) is 0 Å². The maximum atomic E-state index is 5.46. The van der Waals surface area contributed by atoms with Gasteiger partial charge in [0.25, 0.3) is 0 Å². The Morgan fingerprint density at radius 3 is 1.84 bits per heavy atom. The summed E-state index contributed by atoms with van der Waals surface area (Å²) >= 11 is 1.73. The lowest BCUT2D eigenvalue weighted by Gasteiger charge is -2.11. The topological polar surface area (TPSA) is 48.5 Å². The molecule has 0 saturated carbocycles. The molecule has 5 heterocycles. The minimum atomic E-state index is 0.646. The van der Waals surface area contributed by atoms with Crippen LogP contribution >= 0.6 is 11.3 Å². The van der Waals surface area contributed by atoms with Gasteiger partial charge in [-0.25, -0.2) is 9.97 Å². The molecule has 0 radical (unpaired) electrons. The molecule has 8 aromatic carbocycles. The highest BCUT2D eigenvalue weighted by Gasteiger charge is 2.23. The standard InChI is InChI=1S/C55H33N5S/c1-3-14-37(15-4-1)53-54-44(33-49(61-54)36-28-30-56-31-29-36)57-55(58-53)60-45-25-24-38(32-43(45)50-40-18-9-7-12-34(40)22-26-47(50)60)42-20-11-21-46-52(42)51-41-19-10-8-13-35(41)23-27-48(51)59(46)39-16-5-2-6-17-39/h1-33H. The molecular weight excluding hydrogens is 763 g/mol. The van der Waals surface area contributed by atoms with Crippen molar-refractivity contribution in [3.8, 4) is 44.5 Å². The number of thiophene rings is 1. The van der Waals surface area contributed by atoms with Gasteiger partial charge in [0.1, 0.15) is 0 Å². The van der Waals surface area contributed by atoms with Crippen LogP contribution in [0, 0.1) is 0 Å². The van der Waals surface area contributed by atoms with Crippen molar-refractivity contribution in [3.63, 3.8) is 0 Å². The number of benzene rings is 8. The number of hydrogen-bond donors (Lipinski definition) is 0. The molecule has 5 aromatic heterocycles. The zero-order chi connectivity index (χ0) is 40.0. The van der Waals surface area contributed by atoms with E-state index in [9.17, 15) is 0 Å². The molecule has 0 amide bonds. The summed E-state index contributed by atoms with van der Waals surface area (Å²) in [5, 5.41) is 9.72. The normalized spacial score (nSPS) is 11.9. The van der Waals surface area contributed by atoms with Crippen LogP contribution in [0.25, 0.3) is 120 Å². The first-order valence-electron chi connectivity index (χ1n) is 20.5. The highest BCUT2D eigenvalue weighted by Crippen LogP contribution is 2.45. The lowest BCUT2D eigenvalue weighted by Crippen LogP contribution is -2.02. The molecule has 0 fully saturated rings. The van der Waals surface area contributed by atoms with Crippen LogP contribution in [0.2, 0.25) is 0 Å². The van der Waals surface area contributed by atoms with Crippen LogP contribution in [0.15, 0.2) is 200 Å². The molecule has 0 bridgehead atoms. The van der Waals surface area contributed by atoms with E-state index in [1.807, 2.05) is 12.4 Å². The van der Waals surface area contributed by atoms with Crippen molar-refractivity contribution in [1.82, 2.24) is 24.1 Å². The molecule has 61 heavy (non-hydrogen) atoms. The van der Waals surface area contributed by atoms with Gasteiger partial charge in [-0.15, -0.1) is 11.3 Å². The fourth-order valence-electron chi connectivity index (χ4n) is 9.57. The Hall–Kier alpha value is -7.93. The molecule has 6 heteroatoms. The first-order valence-corrected chi connectivity index (χ1v) is 21.3. The van der Waals surface area contributed by atoms with Crippen LogP contribution < -0.4 is 0 Å². The second-order valence-electron chi connectivity index (χ2n) is 15.6. The van der Waals surface area contributed by atoms with Gasteiger partial charge in [-0.2, -0.15) is 0 Å². The van der Waals surface area contributed by atoms with Gasteiger partial charge in [0.15, 0.2) is 0 Å². The van der Waals surface area contributed by atoms with Crippen LogP contribution in [-0.2, 0) is 0 Å². The van der Waals surface area contributed by atoms with Crippen molar-refractivity contribution in [3.05, 3.63) is 200 Å². The van der Waals surface area contributed by atoms with Gasteiger partial charge in [-0.3, -0.25) is 9.55 Å². The van der Waals surface area contributed by atoms with E-state index in [2.05, 4.69) is 202 Å². The number of nitrogens with zero attached hydrogens (tertiary/aromatic N) is 5. The monoisotopic (exact) mass is 795 g/mol. The maximum absolute atomic E-state index is 5.46. The fraction of sp³-hybridized carbons (Fsp3) is 0. The van der Waals surface area contributed by atoms with E-state index in [-0.39, 0.29) is 0 Å². The highest BCUT2D eigenvalue weighted by molar-refractivity contribution is 7.22. The maximum Gasteiger partial charge on any atom is 0.235 e. The number of rotatable bonds is 5. The molecular formula is C55H33N5S. The van der Waals surface area contributed by atoms with Crippen LogP contribution in [-0.4, -0.2) is 24.1 Å². The molecule has 0 unspecified atom stereocenters. The Bertz CT molecular complexity index is 3860. The smallest absolute Gasteiger partial charge is 0.235 e. The molecule has 13 rings (SSSR count). The van der Waals surface area contributed by atoms with E-state index in [4.69, 9.17) is 9.97 Å². The quantitative estimate of drug-likeness (QED) is 0.174. The summed E-state index contributed by atoms with van der Waals surface area (Å²) in [6.07, 6.45) is 3.69. The lowest BCUT2D eigenvalue weighted by molar-refractivity contribution is 1.02. The lowest BCUT2D eigenvalue weighted by atomic mass is 9.95. The van der Waals surface area contributed by atoms with Crippen molar-refractivity contribution >= 4 is 86.7 Å². The van der Waals surface area contributed by atoms with Crippen molar-refractivity contribution in [2.24, 2.45) is 0 Å². The number of hydrogen-bond acceptors (Lipinski definition) is 4. The molecule has 284 valence electrons. The average molecular weight is 796 g/mol. The Morgan fingerprint density at radius 2 is 1.07 bits per heavy atom. The third-order valence-corrected chi connectivity index (χ3v) is 13.4. The predicted molar refractivity (Wildman–Crippen MR) is 255 cm³/mol. The number of pyridine rings is 1. The second-order valence-corrected chi connectivity index (χ2v) is 16.7. The van der Waals surface area contributed by atoms with E-state index < -0.39 is 0 Å². The van der Waals surface area contributed by atoms with Crippen molar-refractivity contribution < 1.29 is 0 Å². The number of para-hydroxylation sites is 1. The molecule has 0 aliphatic carbocycles. The molecule has 0 aliphatic heterocycles. The van der Waals surface area contributed by atoms with E-state index in [1.54, 1.807) is 11.3 Å². The summed E-state index contributed by atoms with van der Waals surface area (Å²) in [5.74, 6) is 0.646. The van der Waals surface area contributed by atoms with Crippen LogP contribution in [0.1, 0.15) is 0 Å². The third-order valence-electron chi connectivity index (χ3n) is 12.2. The Balaban J connectivity index is 1.11. The molecule has 13 aromatic rings. The largest absolute Gasteiger partial charge is 0.309 e. The summed E-state index contributed by atoms with van der Waals surface area (Å²) < 4.78 is 5.75. The predicted octanol–water partition coefficient (Wildman–Crippen LogP) is 14.6. The van der Waals surface area contributed by atoms with Gasteiger partial charge >= 0.3 is 0 Å². The number of aromatic nitrogens is 5. The van der Waals surface area contributed by atoms with Gasteiger partial charge in [0.05, 0.1) is 38.0 Å². The van der Waals surface area contributed by atoms with Crippen LogP contribution in [0.4, 0.5) is 0 Å². The van der Waals surface area contributed by atoms with Crippen molar-refractivity contribution in [2.75, 3.05) is 0 Å². The first kappa shape index (κ1) is 34.0. The molecule has 0 spiro atoms. The fourth-order valence-corrected chi connectivity index (χ4v) is 10.7.